The molecule has 0 fully saturated rings. The second-order valence-corrected chi connectivity index (χ2v) is 6.03. The summed E-state index contributed by atoms with van der Waals surface area (Å²) < 4.78 is 5.24. The second-order valence-electron chi connectivity index (χ2n) is 4.88. The summed E-state index contributed by atoms with van der Waals surface area (Å²) in [4.78, 5) is 11.5. The zero-order chi connectivity index (χ0) is 12.6. The Morgan fingerprint density at radius 3 is 2.62 bits per heavy atom. The Morgan fingerprint density at radius 2 is 2.12 bits per heavy atom. The molecule has 0 aromatic heterocycles. The molecule has 0 saturated heterocycles. The summed E-state index contributed by atoms with van der Waals surface area (Å²) >= 11 is 1.72. The zero-order valence-corrected chi connectivity index (χ0v) is 11.4. The van der Waals surface area contributed by atoms with E-state index in [1.165, 1.54) is 0 Å². The number of carbonyl (C=O) groups is 1. The fraction of sp³-hybridized carbons (Fsp3) is 0.833. The summed E-state index contributed by atoms with van der Waals surface area (Å²) in [6.07, 6.45) is 1.03. The van der Waals surface area contributed by atoms with Gasteiger partial charge < -0.3 is 4.74 Å². The first-order valence-corrected chi connectivity index (χ1v) is 6.67. The predicted octanol–water partition coefficient (Wildman–Crippen LogP) is 3.00. The molecular formula is C12H21NO2S. The van der Waals surface area contributed by atoms with Gasteiger partial charge >= 0.3 is 5.97 Å². The maximum absolute atomic E-state index is 11.5. The number of nitrogens with zero attached hydrogens (tertiary/aromatic N) is 1. The standard InChI is InChI=1S/C12H21NO2S/c1-10(9-16-7-5-6-13)8-11(14)15-12(2,3)4/h10H,5,7-9H2,1-4H3/t10-/m0/s1. The molecule has 4 heteroatoms. The molecule has 0 N–H and O–H groups in total. The lowest BCUT2D eigenvalue weighted by Gasteiger charge is -2.20. The minimum absolute atomic E-state index is 0.138. The molecule has 0 radical (unpaired) electrons. The van der Waals surface area contributed by atoms with E-state index < -0.39 is 5.60 Å². The van der Waals surface area contributed by atoms with Crippen molar-refractivity contribution in [1.82, 2.24) is 0 Å². The Kier molecular flexibility index (Phi) is 7.24. The highest BCUT2D eigenvalue weighted by molar-refractivity contribution is 7.99. The number of ether oxygens (including phenoxy) is 1. The van der Waals surface area contributed by atoms with Crippen LogP contribution in [0.2, 0.25) is 0 Å². The van der Waals surface area contributed by atoms with E-state index in [0.717, 1.165) is 11.5 Å². The maximum Gasteiger partial charge on any atom is 0.306 e. The summed E-state index contributed by atoms with van der Waals surface area (Å²) in [7, 11) is 0. The maximum atomic E-state index is 11.5. The van der Waals surface area contributed by atoms with Gasteiger partial charge in [-0.1, -0.05) is 6.92 Å². The van der Waals surface area contributed by atoms with Gasteiger partial charge in [-0.2, -0.15) is 17.0 Å². The Labute approximate surface area is 103 Å². The van der Waals surface area contributed by atoms with Crippen LogP contribution in [0.4, 0.5) is 0 Å². The van der Waals surface area contributed by atoms with Gasteiger partial charge in [-0.05, 0) is 32.4 Å². The minimum Gasteiger partial charge on any atom is -0.460 e. The molecule has 0 aliphatic heterocycles. The first kappa shape index (κ1) is 15.3. The van der Waals surface area contributed by atoms with Crippen LogP contribution in [-0.2, 0) is 9.53 Å². The molecule has 0 rings (SSSR count). The van der Waals surface area contributed by atoms with Crippen molar-refractivity contribution >= 4 is 17.7 Å². The average Bonchev–Trinajstić information content (AvgIpc) is 2.09. The van der Waals surface area contributed by atoms with Gasteiger partial charge in [0.25, 0.3) is 0 Å². The second kappa shape index (κ2) is 7.56. The molecule has 0 aliphatic carbocycles. The van der Waals surface area contributed by atoms with Crippen LogP contribution < -0.4 is 0 Å². The fourth-order valence-electron chi connectivity index (χ4n) is 1.13. The van der Waals surface area contributed by atoms with Crippen molar-refractivity contribution in [3.8, 4) is 6.07 Å². The molecule has 3 nitrogen and oxygen atoms in total. The van der Waals surface area contributed by atoms with Crippen molar-refractivity contribution in [1.29, 1.82) is 5.26 Å². The van der Waals surface area contributed by atoms with Crippen LogP contribution in [0.1, 0.15) is 40.5 Å². The minimum atomic E-state index is -0.398. The monoisotopic (exact) mass is 243 g/mol. The van der Waals surface area contributed by atoms with Crippen LogP contribution in [0.5, 0.6) is 0 Å². The zero-order valence-electron chi connectivity index (χ0n) is 10.6. The SMILES string of the molecule is C[C@H](CSCCC#N)CC(=O)OC(C)(C)C. The summed E-state index contributed by atoms with van der Waals surface area (Å²) in [5.41, 5.74) is -0.398. The molecule has 92 valence electrons. The Balaban J connectivity index is 3.67. The molecule has 1 atom stereocenters. The number of hydrogen-bond donors (Lipinski definition) is 0. The number of nitriles is 1. The van der Waals surface area contributed by atoms with Crippen molar-refractivity contribution in [3.05, 3.63) is 0 Å². The van der Waals surface area contributed by atoms with E-state index >= 15 is 0 Å². The summed E-state index contributed by atoms with van der Waals surface area (Å²) in [6.45, 7) is 7.65. The molecule has 16 heavy (non-hydrogen) atoms. The van der Waals surface area contributed by atoms with Crippen LogP contribution in [0.25, 0.3) is 0 Å². The quantitative estimate of drug-likeness (QED) is 0.531. The van der Waals surface area contributed by atoms with Crippen LogP contribution >= 0.6 is 11.8 Å². The lowest BCUT2D eigenvalue weighted by molar-refractivity contribution is -0.155. The molecule has 0 heterocycles. The summed E-state index contributed by atoms with van der Waals surface area (Å²) in [5.74, 6) is 1.91. The number of thioether (sulfide) groups is 1. The Bertz CT molecular complexity index is 253. The number of rotatable bonds is 6. The van der Waals surface area contributed by atoms with E-state index in [1.807, 2.05) is 27.7 Å². The van der Waals surface area contributed by atoms with E-state index in [9.17, 15) is 4.79 Å². The van der Waals surface area contributed by atoms with Crippen LogP contribution in [0, 0.1) is 17.2 Å². The first-order valence-electron chi connectivity index (χ1n) is 5.51. The molecule has 0 aromatic rings. The van der Waals surface area contributed by atoms with Crippen molar-refractivity contribution < 1.29 is 9.53 Å². The van der Waals surface area contributed by atoms with Crippen molar-refractivity contribution in [2.24, 2.45) is 5.92 Å². The Morgan fingerprint density at radius 1 is 1.50 bits per heavy atom. The molecule has 0 spiro atoms. The van der Waals surface area contributed by atoms with Gasteiger partial charge in [0.05, 0.1) is 6.07 Å². The van der Waals surface area contributed by atoms with Crippen molar-refractivity contribution in [2.75, 3.05) is 11.5 Å². The van der Waals surface area contributed by atoms with Crippen LogP contribution in [0.3, 0.4) is 0 Å². The highest BCUT2D eigenvalue weighted by Gasteiger charge is 2.18. The van der Waals surface area contributed by atoms with Gasteiger partial charge in [0.1, 0.15) is 5.60 Å². The molecule has 0 unspecified atom stereocenters. The lowest BCUT2D eigenvalue weighted by Crippen LogP contribution is -2.25. The number of esters is 1. The van der Waals surface area contributed by atoms with E-state index in [2.05, 4.69) is 6.07 Å². The largest absolute Gasteiger partial charge is 0.460 e. The first-order chi connectivity index (χ1) is 7.35. The molecule has 0 aliphatic rings. The third-order valence-corrected chi connectivity index (χ3v) is 2.99. The van der Waals surface area contributed by atoms with Gasteiger partial charge in [0, 0.05) is 18.6 Å². The third kappa shape index (κ3) is 9.85. The van der Waals surface area contributed by atoms with Gasteiger partial charge in [0.2, 0.25) is 0 Å². The highest BCUT2D eigenvalue weighted by atomic mass is 32.2. The summed E-state index contributed by atoms with van der Waals surface area (Å²) in [6, 6.07) is 2.10. The molecular weight excluding hydrogens is 222 g/mol. The highest BCUT2D eigenvalue weighted by Crippen LogP contribution is 2.15. The fourth-order valence-corrected chi connectivity index (χ4v) is 2.05. The van der Waals surface area contributed by atoms with Crippen molar-refractivity contribution in [3.63, 3.8) is 0 Å². The lowest BCUT2D eigenvalue weighted by atomic mass is 10.1. The van der Waals surface area contributed by atoms with Gasteiger partial charge in [-0.3, -0.25) is 4.79 Å². The van der Waals surface area contributed by atoms with E-state index in [1.54, 1.807) is 11.8 Å². The average molecular weight is 243 g/mol. The van der Waals surface area contributed by atoms with E-state index in [-0.39, 0.29) is 5.97 Å². The predicted molar refractivity (Wildman–Crippen MR) is 67.2 cm³/mol. The van der Waals surface area contributed by atoms with Crippen LogP contribution in [0.15, 0.2) is 0 Å². The number of carbonyl (C=O) groups excluding carboxylic acids is 1. The third-order valence-electron chi connectivity index (χ3n) is 1.70. The topological polar surface area (TPSA) is 50.1 Å². The Hall–Kier alpha value is -0.690. The van der Waals surface area contributed by atoms with Gasteiger partial charge in [-0.25, -0.2) is 0 Å². The number of hydrogen-bond acceptors (Lipinski definition) is 4. The molecule has 0 aromatic carbocycles. The van der Waals surface area contributed by atoms with Crippen LogP contribution in [-0.4, -0.2) is 23.1 Å². The van der Waals surface area contributed by atoms with Gasteiger partial charge in [0.15, 0.2) is 0 Å². The molecule has 0 bridgehead atoms. The molecule has 0 amide bonds. The van der Waals surface area contributed by atoms with Gasteiger partial charge in [-0.15, -0.1) is 0 Å². The van der Waals surface area contributed by atoms with E-state index in [0.29, 0.717) is 18.8 Å². The molecule has 0 saturated carbocycles. The van der Waals surface area contributed by atoms with Crippen molar-refractivity contribution in [2.45, 2.75) is 46.1 Å². The smallest absolute Gasteiger partial charge is 0.306 e. The summed E-state index contributed by atoms with van der Waals surface area (Å²) in [5, 5.41) is 8.37. The normalized spacial score (nSPS) is 12.9. The van der Waals surface area contributed by atoms with E-state index in [4.69, 9.17) is 10.00 Å².